The predicted molar refractivity (Wildman–Crippen MR) is 228 cm³/mol. The molecule has 0 saturated heterocycles. The van der Waals surface area contributed by atoms with E-state index in [1.165, 1.54) is 0 Å². The van der Waals surface area contributed by atoms with E-state index < -0.39 is 0 Å². The minimum atomic E-state index is 0.664. The molecule has 0 unspecified atom stereocenters. The number of aromatic nitrogens is 5. The van der Waals surface area contributed by atoms with Gasteiger partial charge in [0, 0.05) is 39.2 Å². The largest absolute Gasteiger partial charge is 0.255 e. The number of fused-ring (bicyclic) bond motifs is 3. The van der Waals surface area contributed by atoms with Crippen LogP contribution in [0.4, 0.5) is 0 Å². The maximum Gasteiger partial charge on any atom is 0.160 e. The van der Waals surface area contributed by atoms with Crippen LogP contribution < -0.4 is 0 Å². The lowest BCUT2D eigenvalue weighted by Gasteiger charge is -2.13. The second kappa shape index (κ2) is 14.3. The Labute approximate surface area is 324 Å². The van der Waals surface area contributed by atoms with Crippen LogP contribution in [0.5, 0.6) is 0 Å². The highest BCUT2D eigenvalue weighted by Crippen LogP contribution is 2.36. The van der Waals surface area contributed by atoms with E-state index in [4.69, 9.17) is 19.9 Å². The van der Waals surface area contributed by atoms with Gasteiger partial charge in [-0.15, -0.1) is 0 Å². The molecule has 0 fully saturated rings. The summed E-state index contributed by atoms with van der Waals surface area (Å²) in [6, 6.07) is 66.8. The Bertz CT molecular complexity index is 2930. The first-order valence-corrected chi connectivity index (χ1v) is 18.7. The van der Waals surface area contributed by atoms with Crippen LogP contribution >= 0.6 is 0 Å². The summed E-state index contributed by atoms with van der Waals surface area (Å²) in [5, 5.41) is 2.13. The molecule has 10 rings (SSSR count). The van der Waals surface area contributed by atoms with Crippen LogP contribution in [-0.2, 0) is 0 Å². The summed E-state index contributed by atoms with van der Waals surface area (Å²) in [5.74, 6) is 0.664. The molecule has 0 amide bonds. The van der Waals surface area contributed by atoms with Crippen molar-refractivity contribution in [2.45, 2.75) is 0 Å². The molecule has 6 aromatic carbocycles. The van der Waals surface area contributed by atoms with E-state index in [9.17, 15) is 0 Å². The minimum Gasteiger partial charge on any atom is -0.255 e. The van der Waals surface area contributed by atoms with Crippen LogP contribution in [0.15, 0.2) is 200 Å². The molecule has 0 N–H and O–H groups in total. The standard InChI is InChI=1S/C51H33N5/c1-4-13-35(14-5-1)43-32-46(36-15-6-2-7-16-36)54-50-42(43)28-26-38-27-29-44(53-49(38)50)37-24-22-34(23-25-37)40-19-12-20-41(31-40)47-33-48(45-21-10-11-30-52-45)56-51(55-47)39-17-8-3-9-18-39/h1-33H. The Hall–Kier alpha value is -7.63. The summed E-state index contributed by atoms with van der Waals surface area (Å²) in [5.41, 5.74) is 14.6. The van der Waals surface area contributed by atoms with Crippen molar-refractivity contribution in [3.05, 3.63) is 200 Å². The molecule has 56 heavy (non-hydrogen) atoms. The molecular weight excluding hydrogens is 683 g/mol. The quantitative estimate of drug-likeness (QED) is 0.154. The van der Waals surface area contributed by atoms with E-state index in [0.717, 1.165) is 94.8 Å². The summed E-state index contributed by atoms with van der Waals surface area (Å²) in [7, 11) is 0. The van der Waals surface area contributed by atoms with Crippen molar-refractivity contribution in [3.63, 3.8) is 0 Å². The van der Waals surface area contributed by atoms with Crippen molar-refractivity contribution >= 4 is 21.8 Å². The Kier molecular flexibility index (Phi) is 8.43. The molecule has 0 atom stereocenters. The minimum absolute atomic E-state index is 0.664. The number of benzene rings is 6. The maximum atomic E-state index is 5.28. The van der Waals surface area contributed by atoms with Crippen LogP contribution in [0.1, 0.15) is 0 Å². The summed E-state index contributed by atoms with van der Waals surface area (Å²) >= 11 is 0. The van der Waals surface area contributed by atoms with Crippen LogP contribution in [0.3, 0.4) is 0 Å². The van der Waals surface area contributed by atoms with Gasteiger partial charge in [-0.1, -0.05) is 158 Å². The third-order valence-electron chi connectivity index (χ3n) is 10.2. The summed E-state index contributed by atoms with van der Waals surface area (Å²) in [6.45, 7) is 0. The van der Waals surface area contributed by atoms with Gasteiger partial charge in [-0.25, -0.2) is 19.9 Å². The lowest BCUT2D eigenvalue weighted by atomic mass is 9.96. The van der Waals surface area contributed by atoms with Crippen molar-refractivity contribution in [3.8, 4) is 78.8 Å². The number of rotatable bonds is 7. The number of pyridine rings is 3. The first-order valence-electron chi connectivity index (χ1n) is 18.7. The van der Waals surface area contributed by atoms with Gasteiger partial charge in [-0.05, 0) is 58.7 Å². The summed E-state index contributed by atoms with van der Waals surface area (Å²) in [4.78, 5) is 25.1. The van der Waals surface area contributed by atoms with Gasteiger partial charge in [0.2, 0.25) is 0 Å². The molecule has 0 aliphatic rings. The molecule has 0 saturated carbocycles. The van der Waals surface area contributed by atoms with E-state index in [0.29, 0.717) is 5.82 Å². The molecule has 0 radical (unpaired) electrons. The third-order valence-corrected chi connectivity index (χ3v) is 10.2. The molecule has 0 bridgehead atoms. The zero-order valence-corrected chi connectivity index (χ0v) is 30.3. The SMILES string of the molecule is c1ccc(-c2cc(-c3ccccc3)c3ccc4ccc(-c5ccc(-c6cccc(-c7cc(-c8ccccn8)nc(-c8ccccc8)n7)c6)cc5)nc4c3n2)cc1. The van der Waals surface area contributed by atoms with Gasteiger partial charge in [-0.3, -0.25) is 4.98 Å². The van der Waals surface area contributed by atoms with Gasteiger partial charge in [-0.2, -0.15) is 0 Å². The molecule has 10 aromatic rings. The van der Waals surface area contributed by atoms with Crippen LogP contribution in [-0.4, -0.2) is 24.9 Å². The number of nitrogens with zero attached hydrogens (tertiary/aromatic N) is 5. The second-order valence-electron chi connectivity index (χ2n) is 13.7. The average Bonchev–Trinajstić information content (AvgIpc) is 3.29. The van der Waals surface area contributed by atoms with Gasteiger partial charge in [0.25, 0.3) is 0 Å². The molecule has 4 heterocycles. The average molecular weight is 716 g/mol. The van der Waals surface area contributed by atoms with Gasteiger partial charge in [0.15, 0.2) is 5.82 Å². The van der Waals surface area contributed by atoms with E-state index in [1.807, 2.05) is 60.7 Å². The fraction of sp³-hybridized carbons (Fsp3) is 0. The van der Waals surface area contributed by atoms with Gasteiger partial charge in [0.1, 0.15) is 0 Å². The Morgan fingerprint density at radius 2 is 0.875 bits per heavy atom. The molecule has 5 heteroatoms. The monoisotopic (exact) mass is 715 g/mol. The van der Waals surface area contributed by atoms with Gasteiger partial charge in [0.05, 0.1) is 39.5 Å². The van der Waals surface area contributed by atoms with Crippen LogP contribution in [0.25, 0.3) is 101 Å². The topological polar surface area (TPSA) is 64.5 Å². The third kappa shape index (κ3) is 6.37. The van der Waals surface area contributed by atoms with Gasteiger partial charge >= 0.3 is 0 Å². The van der Waals surface area contributed by atoms with Crippen LogP contribution in [0.2, 0.25) is 0 Å². The second-order valence-corrected chi connectivity index (χ2v) is 13.7. The van der Waals surface area contributed by atoms with Crippen LogP contribution in [0, 0.1) is 0 Å². The highest BCUT2D eigenvalue weighted by Gasteiger charge is 2.15. The lowest BCUT2D eigenvalue weighted by molar-refractivity contribution is 1.16. The summed E-state index contributed by atoms with van der Waals surface area (Å²) in [6.07, 6.45) is 1.79. The van der Waals surface area contributed by atoms with Crippen molar-refractivity contribution in [1.82, 2.24) is 24.9 Å². The molecule has 5 nitrogen and oxygen atoms in total. The number of hydrogen-bond acceptors (Lipinski definition) is 5. The van der Waals surface area contributed by atoms with Crippen molar-refractivity contribution in [1.29, 1.82) is 0 Å². The van der Waals surface area contributed by atoms with Crippen molar-refractivity contribution in [2.24, 2.45) is 0 Å². The zero-order valence-electron chi connectivity index (χ0n) is 30.3. The number of hydrogen-bond donors (Lipinski definition) is 0. The fourth-order valence-corrected chi connectivity index (χ4v) is 7.29. The Balaban J connectivity index is 1.02. The smallest absolute Gasteiger partial charge is 0.160 e. The zero-order chi connectivity index (χ0) is 37.3. The highest BCUT2D eigenvalue weighted by molar-refractivity contribution is 6.09. The van der Waals surface area contributed by atoms with E-state index in [1.54, 1.807) is 6.20 Å². The first kappa shape index (κ1) is 33.0. The molecular formula is C51H33N5. The first-order chi connectivity index (χ1) is 27.7. The molecule has 0 aliphatic heterocycles. The van der Waals surface area contributed by atoms with Gasteiger partial charge < -0.3 is 0 Å². The fourth-order valence-electron chi connectivity index (χ4n) is 7.29. The molecule has 262 valence electrons. The Morgan fingerprint density at radius 1 is 0.286 bits per heavy atom. The van der Waals surface area contributed by atoms with E-state index in [2.05, 4.69) is 138 Å². The van der Waals surface area contributed by atoms with Crippen molar-refractivity contribution < 1.29 is 0 Å². The maximum absolute atomic E-state index is 5.28. The van der Waals surface area contributed by atoms with Crippen molar-refractivity contribution in [2.75, 3.05) is 0 Å². The molecule has 0 aliphatic carbocycles. The van der Waals surface area contributed by atoms with E-state index >= 15 is 0 Å². The predicted octanol–water partition coefficient (Wildman–Crippen LogP) is 12.6. The molecule has 0 spiro atoms. The lowest BCUT2D eigenvalue weighted by Crippen LogP contribution is -1.97. The summed E-state index contributed by atoms with van der Waals surface area (Å²) < 4.78 is 0. The highest BCUT2D eigenvalue weighted by atomic mass is 14.9. The normalized spacial score (nSPS) is 11.2. The molecule has 4 aromatic heterocycles. The van der Waals surface area contributed by atoms with E-state index in [-0.39, 0.29) is 0 Å². The Morgan fingerprint density at radius 3 is 1.62 bits per heavy atom.